The van der Waals surface area contributed by atoms with Gasteiger partial charge in [-0.25, -0.2) is 0 Å². The molecule has 1 heterocycles. The van der Waals surface area contributed by atoms with Crippen molar-refractivity contribution in [2.45, 2.75) is 137 Å². The fourth-order valence-corrected chi connectivity index (χ4v) is 8.84. The lowest BCUT2D eigenvalue weighted by Crippen LogP contribution is -2.35. The Morgan fingerprint density at radius 3 is 1.49 bits per heavy atom. The van der Waals surface area contributed by atoms with Crippen LogP contribution in [-0.4, -0.2) is 12.5 Å². The molecule has 0 N–H and O–H groups in total. The van der Waals surface area contributed by atoms with E-state index in [1.54, 1.807) is 0 Å². The van der Waals surface area contributed by atoms with Gasteiger partial charge in [0.25, 0.3) is 0 Å². The average molecular weight is 890 g/mol. The molecule has 7 rings (SSSR count). The topological polar surface area (TPSA) is 26.8 Å². The van der Waals surface area contributed by atoms with Crippen LogP contribution in [0.1, 0.15) is 137 Å². The molecule has 0 atom stereocenters. The molecule has 0 aromatic heterocycles. The lowest BCUT2D eigenvalue weighted by Gasteiger charge is -2.35. The number of carbonyl (C=O) groups is 1. The highest BCUT2D eigenvalue weighted by Crippen LogP contribution is 2.46. The Kier molecular flexibility index (Phi) is 14.3. The van der Waals surface area contributed by atoms with Gasteiger partial charge in [0, 0.05) is 41.4 Å². The minimum absolute atomic E-state index is 0.0975. The molecule has 1 aliphatic heterocycles. The van der Waals surface area contributed by atoms with Crippen LogP contribution in [0.2, 0.25) is 0 Å². The minimum atomic E-state index is -0.0986. The summed E-state index contributed by atoms with van der Waals surface area (Å²) in [6.45, 7) is 30.5. The fourth-order valence-electron chi connectivity index (χ4n) is 8.84. The van der Waals surface area contributed by atoms with Crippen molar-refractivity contribution in [3.63, 3.8) is 0 Å². The Morgan fingerprint density at radius 1 is 0.522 bits per heavy atom. The molecule has 6 aromatic rings. The lowest BCUT2D eigenvalue weighted by atomic mass is 9.80. The molecule has 1 fully saturated rings. The number of piperidine rings is 1. The van der Waals surface area contributed by atoms with Crippen molar-refractivity contribution in [3.8, 4) is 11.1 Å². The van der Waals surface area contributed by atoms with Crippen LogP contribution in [0, 0.1) is 0 Å². The summed E-state index contributed by atoms with van der Waals surface area (Å²) in [5, 5.41) is 0. The number of anilines is 6. The quantitative estimate of drug-likeness (QED) is 0.121. The molecule has 1 saturated heterocycles. The van der Waals surface area contributed by atoms with Crippen LogP contribution in [-0.2, 0) is 32.9 Å². The highest BCUT2D eigenvalue weighted by molar-refractivity contribution is 5.96. The third-order valence-corrected chi connectivity index (χ3v) is 13.1. The highest BCUT2D eigenvalue weighted by atomic mass is 16.2. The predicted molar refractivity (Wildman–Crippen MR) is 289 cm³/mol. The maximum absolute atomic E-state index is 14.1. The van der Waals surface area contributed by atoms with Gasteiger partial charge in [0.15, 0.2) is 0 Å². The van der Waals surface area contributed by atoms with Crippen LogP contribution in [0.15, 0.2) is 163 Å². The number of nitrogens with zero attached hydrogens (tertiary/aromatic N) is 3. The summed E-state index contributed by atoms with van der Waals surface area (Å²) >= 11 is 0. The van der Waals surface area contributed by atoms with Crippen molar-refractivity contribution < 1.29 is 4.79 Å². The Labute approximate surface area is 404 Å². The van der Waals surface area contributed by atoms with Gasteiger partial charge in [-0.2, -0.15) is 0 Å². The van der Waals surface area contributed by atoms with E-state index in [9.17, 15) is 4.79 Å². The van der Waals surface area contributed by atoms with Crippen LogP contribution in [0.5, 0.6) is 0 Å². The molecular weight excluding hydrogens is 815 g/mol. The van der Waals surface area contributed by atoms with Crippen molar-refractivity contribution in [2.75, 3.05) is 21.2 Å². The first-order chi connectivity index (χ1) is 31.6. The number of carbonyl (C=O) groups excluding carboxylic acids is 1. The Hall–Kier alpha value is -6.13. The van der Waals surface area contributed by atoms with Crippen LogP contribution < -0.4 is 14.7 Å². The summed E-state index contributed by atoms with van der Waals surface area (Å²) in [4.78, 5) is 21.0. The third kappa shape index (κ3) is 11.7. The first-order valence-corrected chi connectivity index (χ1v) is 24.5. The zero-order valence-electron chi connectivity index (χ0n) is 42.8. The van der Waals surface area contributed by atoms with E-state index in [0.717, 1.165) is 64.6 Å². The Bertz CT molecular complexity index is 2650. The van der Waals surface area contributed by atoms with Gasteiger partial charge in [-0.3, -0.25) is 4.79 Å². The van der Waals surface area contributed by atoms with Gasteiger partial charge >= 0.3 is 0 Å². The van der Waals surface area contributed by atoms with E-state index < -0.39 is 0 Å². The zero-order valence-corrected chi connectivity index (χ0v) is 42.8. The first-order valence-electron chi connectivity index (χ1n) is 24.5. The summed E-state index contributed by atoms with van der Waals surface area (Å²) < 4.78 is 0. The molecule has 1 amide bonds. The van der Waals surface area contributed by atoms with Gasteiger partial charge in [-0.1, -0.05) is 180 Å². The molecule has 0 radical (unpaired) electrons. The summed E-state index contributed by atoms with van der Waals surface area (Å²) in [5.74, 6) is 0.170. The van der Waals surface area contributed by atoms with Crippen LogP contribution >= 0.6 is 0 Å². The monoisotopic (exact) mass is 890 g/mol. The molecule has 4 heteroatoms. The number of benzene rings is 6. The van der Waals surface area contributed by atoms with E-state index in [1.807, 2.05) is 4.90 Å². The molecule has 1 aliphatic rings. The smallest absolute Gasteiger partial charge is 0.226 e. The number of rotatable bonds is 11. The maximum Gasteiger partial charge on any atom is 0.226 e. The summed E-state index contributed by atoms with van der Waals surface area (Å²) in [7, 11) is 0. The molecule has 0 aliphatic carbocycles. The van der Waals surface area contributed by atoms with Gasteiger partial charge in [-0.15, -0.1) is 0 Å². The standard InChI is InChI=1S/C63H75N3O/c1-14-52(29-23-26-45-24-17-15-18-25-45)65(55-38-48(60(2,3)4)36-49(39-55)61(5,6)7)57-42-54(64-35-22-21-30-59(64)67)43-58(44-57)66(53-33-31-47(32-34-53)46-27-19-16-20-28-46)56-40-50(62(8,9)10)37-51(41-56)63(11,12)13/h14-20,23-25,27-29,31-34,36-44H,21-22,26,30,35H2,1-13H3/b29-23-,52-14+. The fraction of sp³-hybridized carbons (Fsp3) is 0.349. The van der Waals surface area contributed by atoms with Crippen molar-refractivity contribution in [1.29, 1.82) is 0 Å². The van der Waals surface area contributed by atoms with E-state index in [4.69, 9.17) is 0 Å². The summed E-state index contributed by atoms with van der Waals surface area (Å²) in [6, 6.07) is 51.4. The average Bonchev–Trinajstić information content (AvgIpc) is 3.28. The molecule has 4 nitrogen and oxygen atoms in total. The predicted octanol–water partition coefficient (Wildman–Crippen LogP) is 17.4. The minimum Gasteiger partial charge on any atom is -0.312 e. The van der Waals surface area contributed by atoms with E-state index >= 15 is 0 Å². The molecule has 0 bridgehead atoms. The SMILES string of the molecule is C/C=C(\C=C/Cc1ccccc1)N(c1cc(N2CCCCC2=O)cc(N(c2ccc(-c3ccccc3)cc2)c2cc(C(C)(C)C)cc(C(C)(C)C)c2)c1)c1cc(C(C)(C)C)cc(C(C)(C)C)c1. The maximum atomic E-state index is 14.1. The third-order valence-electron chi connectivity index (χ3n) is 13.1. The van der Waals surface area contributed by atoms with Crippen molar-refractivity contribution >= 4 is 40.0 Å². The highest BCUT2D eigenvalue weighted by Gasteiger charge is 2.29. The van der Waals surface area contributed by atoms with Gasteiger partial charge in [0.2, 0.25) is 5.91 Å². The van der Waals surface area contributed by atoms with Crippen molar-refractivity contribution in [3.05, 3.63) is 191 Å². The van der Waals surface area contributed by atoms with E-state index in [1.165, 1.54) is 33.4 Å². The van der Waals surface area contributed by atoms with Gasteiger partial charge in [0.05, 0.1) is 11.4 Å². The molecule has 67 heavy (non-hydrogen) atoms. The number of allylic oxidation sites excluding steroid dienone is 3. The molecule has 348 valence electrons. The van der Waals surface area contributed by atoms with Crippen LogP contribution in [0.3, 0.4) is 0 Å². The van der Waals surface area contributed by atoms with Gasteiger partial charge < -0.3 is 14.7 Å². The molecule has 0 unspecified atom stereocenters. The van der Waals surface area contributed by atoms with E-state index in [0.29, 0.717) is 13.0 Å². The van der Waals surface area contributed by atoms with E-state index in [-0.39, 0.29) is 27.6 Å². The number of amides is 1. The molecule has 0 spiro atoms. The largest absolute Gasteiger partial charge is 0.312 e. The van der Waals surface area contributed by atoms with Crippen molar-refractivity contribution in [1.82, 2.24) is 0 Å². The lowest BCUT2D eigenvalue weighted by molar-refractivity contribution is -0.119. The number of hydrogen-bond acceptors (Lipinski definition) is 3. The summed E-state index contributed by atoms with van der Waals surface area (Å²) in [5.41, 5.74) is 15.5. The zero-order chi connectivity index (χ0) is 48.3. The second-order valence-corrected chi connectivity index (χ2v) is 22.6. The van der Waals surface area contributed by atoms with Crippen LogP contribution in [0.4, 0.5) is 34.1 Å². The molecular formula is C63H75N3O. The molecule has 6 aromatic carbocycles. The van der Waals surface area contributed by atoms with Crippen molar-refractivity contribution in [2.24, 2.45) is 0 Å². The normalized spacial score (nSPS) is 14.2. The number of hydrogen-bond donors (Lipinski definition) is 0. The van der Waals surface area contributed by atoms with E-state index in [2.05, 4.69) is 258 Å². The van der Waals surface area contributed by atoms with Gasteiger partial charge in [-0.05, 0) is 147 Å². The van der Waals surface area contributed by atoms with Gasteiger partial charge in [0.1, 0.15) is 0 Å². The second-order valence-electron chi connectivity index (χ2n) is 22.6. The first kappa shape index (κ1) is 48.8. The van der Waals surface area contributed by atoms with Crippen LogP contribution in [0.25, 0.3) is 11.1 Å². The Morgan fingerprint density at radius 2 is 0.985 bits per heavy atom. The summed E-state index contributed by atoms with van der Waals surface area (Å²) in [6.07, 6.45) is 10.0. The second kappa shape index (κ2) is 19.6. The molecule has 0 saturated carbocycles. The Balaban J connectivity index is 1.55.